The number of rotatable bonds is 6. The third-order valence-corrected chi connectivity index (χ3v) is 5.20. The van der Waals surface area contributed by atoms with Gasteiger partial charge in [0.2, 0.25) is 0 Å². The predicted octanol–water partition coefficient (Wildman–Crippen LogP) is 2.14. The van der Waals surface area contributed by atoms with Gasteiger partial charge < -0.3 is 10.6 Å². The lowest BCUT2D eigenvalue weighted by Gasteiger charge is -2.32. The minimum atomic E-state index is 0.446. The van der Waals surface area contributed by atoms with Gasteiger partial charge in [-0.3, -0.25) is 4.90 Å². The zero-order valence-corrected chi connectivity index (χ0v) is 12.4. The Morgan fingerprint density at radius 1 is 1.26 bits per heavy atom. The van der Waals surface area contributed by atoms with E-state index in [1.165, 1.54) is 56.7 Å². The number of thiophene rings is 1. The molecule has 3 rings (SSSR count). The van der Waals surface area contributed by atoms with Crippen LogP contribution >= 0.6 is 11.3 Å². The third-order valence-electron chi connectivity index (χ3n) is 4.34. The maximum atomic E-state index is 5.97. The van der Waals surface area contributed by atoms with Crippen molar-refractivity contribution in [3.63, 3.8) is 0 Å². The van der Waals surface area contributed by atoms with E-state index >= 15 is 0 Å². The molecule has 19 heavy (non-hydrogen) atoms. The van der Waals surface area contributed by atoms with Crippen molar-refractivity contribution in [1.82, 2.24) is 9.80 Å². The van der Waals surface area contributed by atoms with Gasteiger partial charge in [0, 0.05) is 36.6 Å². The van der Waals surface area contributed by atoms with E-state index < -0.39 is 0 Å². The average Bonchev–Trinajstić information content (AvgIpc) is 3.14. The molecule has 1 aliphatic heterocycles. The number of nitrogens with two attached hydrogens (primary N) is 1. The zero-order chi connectivity index (χ0) is 13.1. The van der Waals surface area contributed by atoms with Crippen LogP contribution in [0.2, 0.25) is 0 Å². The van der Waals surface area contributed by atoms with Crippen LogP contribution in [0.1, 0.15) is 30.6 Å². The lowest BCUT2D eigenvalue weighted by molar-refractivity contribution is 0.166. The summed E-state index contributed by atoms with van der Waals surface area (Å²) in [5.74, 6) is 0. The van der Waals surface area contributed by atoms with Gasteiger partial charge in [-0.05, 0) is 50.2 Å². The summed E-state index contributed by atoms with van der Waals surface area (Å²) in [5, 5.41) is 2.19. The third kappa shape index (κ3) is 4.02. The van der Waals surface area contributed by atoms with Crippen LogP contribution < -0.4 is 5.73 Å². The van der Waals surface area contributed by atoms with Gasteiger partial charge >= 0.3 is 0 Å². The lowest BCUT2D eigenvalue weighted by atomic mass is 10.1. The zero-order valence-electron chi connectivity index (χ0n) is 11.6. The van der Waals surface area contributed by atoms with E-state index in [0.717, 1.165) is 12.6 Å². The van der Waals surface area contributed by atoms with Crippen LogP contribution in [0.3, 0.4) is 0 Å². The van der Waals surface area contributed by atoms with Gasteiger partial charge in [0.25, 0.3) is 0 Å². The number of hydrogen-bond donors (Lipinski definition) is 1. The molecule has 4 heteroatoms. The van der Waals surface area contributed by atoms with Crippen molar-refractivity contribution in [3.8, 4) is 0 Å². The highest BCUT2D eigenvalue weighted by Gasteiger charge is 2.29. The first-order valence-electron chi connectivity index (χ1n) is 7.55. The Bertz CT molecular complexity index is 367. The quantitative estimate of drug-likeness (QED) is 0.866. The van der Waals surface area contributed by atoms with E-state index in [2.05, 4.69) is 27.3 Å². The first-order valence-corrected chi connectivity index (χ1v) is 8.43. The van der Waals surface area contributed by atoms with Crippen molar-refractivity contribution >= 4 is 11.3 Å². The Balaban J connectivity index is 1.46. The smallest absolute Gasteiger partial charge is 0.0331 e. The number of hydrogen-bond acceptors (Lipinski definition) is 4. The van der Waals surface area contributed by atoms with Crippen LogP contribution in [0.5, 0.6) is 0 Å². The molecule has 0 aromatic carbocycles. The molecule has 0 unspecified atom stereocenters. The summed E-state index contributed by atoms with van der Waals surface area (Å²) in [6.45, 7) is 5.97. The first-order chi connectivity index (χ1) is 9.31. The van der Waals surface area contributed by atoms with Crippen LogP contribution in [0, 0.1) is 0 Å². The van der Waals surface area contributed by atoms with Gasteiger partial charge in [-0.2, -0.15) is 0 Å². The Hall–Kier alpha value is -0.420. The molecule has 106 valence electrons. The highest BCUT2D eigenvalue weighted by atomic mass is 32.1. The van der Waals surface area contributed by atoms with Gasteiger partial charge in [-0.1, -0.05) is 6.07 Å². The maximum Gasteiger partial charge on any atom is 0.0331 e. The monoisotopic (exact) mass is 279 g/mol. The summed E-state index contributed by atoms with van der Waals surface area (Å²) in [6, 6.07) is 5.73. The molecule has 0 radical (unpaired) electrons. The Morgan fingerprint density at radius 3 is 2.68 bits per heavy atom. The molecule has 2 heterocycles. The fourth-order valence-electron chi connectivity index (χ4n) is 2.88. The highest BCUT2D eigenvalue weighted by Crippen LogP contribution is 2.29. The molecule has 0 spiro atoms. The Kier molecular flexibility index (Phi) is 4.53. The molecule has 0 bridgehead atoms. The molecule has 1 aromatic heterocycles. The summed E-state index contributed by atoms with van der Waals surface area (Å²) in [7, 11) is 0. The minimum absolute atomic E-state index is 0.446. The van der Waals surface area contributed by atoms with Gasteiger partial charge in [-0.25, -0.2) is 0 Å². The second kappa shape index (κ2) is 6.35. The molecule has 1 aromatic rings. The standard InChI is InChI=1S/C15H25N3S/c16-13-5-7-17(8-6-13)9-10-18(14-3-4-14)12-15-2-1-11-19-15/h1-2,11,13-14H,3-10,12,16H2. The molecule has 2 N–H and O–H groups in total. The summed E-state index contributed by atoms with van der Waals surface area (Å²) >= 11 is 1.89. The van der Waals surface area contributed by atoms with E-state index in [4.69, 9.17) is 5.73 Å². The molecule has 0 atom stereocenters. The average molecular weight is 279 g/mol. The van der Waals surface area contributed by atoms with Crippen molar-refractivity contribution in [2.45, 2.75) is 44.3 Å². The van der Waals surface area contributed by atoms with Crippen molar-refractivity contribution in [1.29, 1.82) is 0 Å². The van der Waals surface area contributed by atoms with E-state index in [0.29, 0.717) is 6.04 Å². The summed E-state index contributed by atoms with van der Waals surface area (Å²) < 4.78 is 0. The topological polar surface area (TPSA) is 32.5 Å². The fourth-order valence-corrected chi connectivity index (χ4v) is 3.61. The van der Waals surface area contributed by atoms with Crippen molar-refractivity contribution in [2.75, 3.05) is 26.2 Å². The van der Waals surface area contributed by atoms with Crippen molar-refractivity contribution < 1.29 is 0 Å². The maximum absolute atomic E-state index is 5.97. The molecule has 3 nitrogen and oxygen atoms in total. The molecule has 2 aliphatic rings. The molecular formula is C15H25N3S. The molecule has 1 saturated heterocycles. The lowest BCUT2D eigenvalue weighted by Crippen LogP contribution is -2.43. The fraction of sp³-hybridized carbons (Fsp3) is 0.733. The number of nitrogens with zero attached hydrogens (tertiary/aromatic N) is 2. The van der Waals surface area contributed by atoms with E-state index in [1.54, 1.807) is 0 Å². The summed E-state index contributed by atoms with van der Waals surface area (Å²) in [4.78, 5) is 6.78. The highest BCUT2D eigenvalue weighted by molar-refractivity contribution is 7.09. The summed E-state index contributed by atoms with van der Waals surface area (Å²) in [5.41, 5.74) is 5.97. The van der Waals surface area contributed by atoms with Crippen LogP contribution in [-0.2, 0) is 6.54 Å². The molecule has 2 fully saturated rings. The van der Waals surface area contributed by atoms with Crippen molar-refractivity contribution in [3.05, 3.63) is 22.4 Å². The van der Waals surface area contributed by atoms with Gasteiger partial charge in [0.1, 0.15) is 0 Å². The van der Waals surface area contributed by atoms with Gasteiger partial charge in [0.15, 0.2) is 0 Å². The van der Waals surface area contributed by atoms with E-state index in [1.807, 2.05) is 11.3 Å². The second-order valence-electron chi connectivity index (χ2n) is 5.96. The van der Waals surface area contributed by atoms with Crippen molar-refractivity contribution in [2.24, 2.45) is 5.73 Å². The SMILES string of the molecule is NC1CCN(CCN(Cc2cccs2)C2CC2)CC1. The molecule has 1 aliphatic carbocycles. The van der Waals surface area contributed by atoms with Gasteiger partial charge in [-0.15, -0.1) is 11.3 Å². The Morgan fingerprint density at radius 2 is 2.05 bits per heavy atom. The predicted molar refractivity (Wildman–Crippen MR) is 81.4 cm³/mol. The van der Waals surface area contributed by atoms with Crippen LogP contribution in [0.15, 0.2) is 17.5 Å². The summed E-state index contributed by atoms with van der Waals surface area (Å²) in [6.07, 6.45) is 5.15. The Labute approximate surface area is 120 Å². The largest absolute Gasteiger partial charge is 0.328 e. The number of likely N-dealkylation sites (tertiary alicyclic amines) is 1. The van der Waals surface area contributed by atoms with Gasteiger partial charge in [0.05, 0.1) is 0 Å². The van der Waals surface area contributed by atoms with Crippen LogP contribution in [0.25, 0.3) is 0 Å². The van der Waals surface area contributed by atoms with Crippen LogP contribution in [-0.4, -0.2) is 48.1 Å². The normalized spacial score (nSPS) is 22.2. The first kappa shape index (κ1) is 13.6. The van der Waals surface area contributed by atoms with E-state index in [-0.39, 0.29) is 0 Å². The number of piperidine rings is 1. The molecule has 1 saturated carbocycles. The second-order valence-corrected chi connectivity index (χ2v) is 6.99. The minimum Gasteiger partial charge on any atom is -0.328 e. The van der Waals surface area contributed by atoms with Crippen LogP contribution in [0.4, 0.5) is 0 Å². The van der Waals surface area contributed by atoms with E-state index in [9.17, 15) is 0 Å². The molecule has 0 amide bonds. The molecular weight excluding hydrogens is 254 g/mol.